The summed E-state index contributed by atoms with van der Waals surface area (Å²) in [6.07, 6.45) is 1.61. The van der Waals surface area contributed by atoms with E-state index >= 15 is 0 Å². The van der Waals surface area contributed by atoms with Crippen molar-refractivity contribution in [2.75, 3.05) is 6.61 Å². The lowest BCUT2D eigenvalue weighted by Gasteiger charge is -2.18. The van der Waals surface area contributed by atoms with Crippen LogP contribution in [0.25, 0.3) is 0 Å². The first-order chi connectivity index (χ1) is 14.7. The Morgan fingerprint density at radius 3 is 2.29 bits per heavy atom. The van der Waals surface area contributed by atoms with Crippen LogP contribution in [0.3, 0.4) is 0 Å². The molecule has 0 aliphatic carbocycles. The summed E-state index contributed by atoms with van der Waals surface area (Å²) < 4.78 is 15.0. The first-order valence-electron chi connectivity index (χ1n) is 10.7. The molecule has 1 aromatic carbocycles. The molecule has 1 aromatic rings. The van der Waals surface area contributed by atoms with Crippen molar-refractivity contribution in [2.24, 2.45) is 11.8 Å². The molecule has 3 unspecified atom stereocenters. The predicted octanol–water partition coefficient (Wildman–Crippen LogP) is 4.76. The van der Waals surface area contributed by atoms with Crippen LogP contribution in [0.4, 0.5) is 9.59 Å². The van der Waals surface area contributed by atoms with Gasteiger partial charge in [-0.1, -0.05) is 57.5 Å². The van der Waals surface area contributed by atoms with Crippen molar-refractivity contribution < 1.29 is 33.7 Å². The Kier molecular flexibility index (Phi) is 12.1. The number of ether oxygens (including phenoxy) is 3. The minimum absolute atomic E-state index is 0.00475. The predicted molar refractivity (Wildman–Crippen MR) is 116 cm³/mol. The van der Waals surface area contributed by atoms with E-state index in [1.165, 1.54) is 0 Å². The minimum atomic E-state index is -1.44. The largest absolute Gasteiger partial charge is 0.508 e. The molecule has 8 heteroatoms. The van der Waals surface area contributed by atoms with Crippen LogP contribution in [-0.4, -0.2) is 42.1 Å². The molecular formula is C23H35NO7. The highest BCUT2D eigenvalue weighted by Gasteiger charge is 2.23. The zero-order valence-electron chi connectivity index (χ0n) is 18.8. The second kappa shape index (κ2) is 14.3. The molecule has 1 rings (SSSR count). The van der Waals surface area contributed by atoms with E-state index in [0.717, 1.165) is 24.8 Å². The molecule has 0 saturated carbocycles. The molecule has 2 N–H and O–H groups in total. The maximum absolute atomic E-state index is 11.8. The summed E-state index contributed by atoms with van der Waals surface area (Å²) in [7, 11) is 0. The number of carbonyl (C=O) groups is 3. The standard InChI is InChI=1S/C23H35NO7/c1-16(2)13-17(3)9-8-10-18(4)31-23(28)30-15-20(21(25)26)24-22(27)29-14-19-11-6-5-7-12-19/h5-7,11-12,16-18,20H,8-10,13-15H2,1-4H3,(H,24,27)(H,25,26). The summed E-state index contributed by atoms with van der Waals surface area (Å²) in [4.78, 5) is 35.0. The summed E-state index contributed by atoms with van der Waals surface area (Å²) in [5, 5.41) is 11.4. The van der Waals surface area contributed by atoms with Crippen molar-refractivity contribution in [1.29, 1.82) is 0 Å². The highest BCUT2D eigenvalue weighted by molar-refractivity contribution is 5.80. The van der Waals surface area contributed by atoms with Gasteiger partial charge in [0.1, 0.15) is 19.3 Å². The zero-order valence-corrected chi connectivity index (χ0v) is 18.8. The first kappa shape index (κ1) is 26.3. The van der Waals surface area contributed by atoms with Crippen LogP contribution in [0.5, 0.6) is 0 Å². The van der Waals surface area contributed by atoms with Crippen LogP contribution in [-0.2, 0) is 25.6 Å². The third-order valence-corrected chi connectivity index (χ3v) is 4.65. The smallest absolute Gasteiger partial charge is 0.480 e. The van der Waals surface area contributed by atoms with Crippen LogP contribution < -0.4 is 5.32 Å². The minimum Gasteiger partial charge on any atom is -0.480 e. The van der Waals surface area contributed by atoms with E-state index in [4.69, 9.17) is 14.2 Å². The number of carbonyl (C=O) groups excluding carboxylic acids is 2. The Labute approximate surface area is 184 Å². The number of benzene rings is 1. The molecule has 0 aliphatic heterocycles. The van der Waals surface area contributed by atoms with Gasteiger partial charge < -0.3 is 24.6 Å². The van der Waals surface area contributed by atoms with Crippen LogP contribution in [0.1, 0.15) is 58.9 Å². The van der Waals surface area contributed by atoms with Crippen LogP contribution in [0, 0.1) is 11.8 Å². The van der Waals surface area contributed by atoms with Gasteiger partial charge in [0.15, 0.2) is 6.04 Å². The number of amides is 1. The van der Waals surface area contributed by atoms with E-state index in [0.29, 0.717) is 18.3 Å². The van der Waals surface area contributed by atoms with E-state index in [9.17, 15) is 19.5 Å². The molecule has 0 aromatic heterocycles. The SMILES string of the molecule is CC(C)CC(C)CCCC(C)OC(=O)OCC(NC(=O)OCc1ccccc1)C(=O)O. The van der Waals surface area contributed by atoms with Crippen molar-refractivity contribution in [3.05, 3.63) is 35.9 Å². The third-order valence-electron chi connectivity index (χ3n) is 4.65. The quantitative estimate of drug-likeness (QED) is 0.428. The summed E-state index contributed by atoms with van der Waals surface area (Å²) in [5.41, 5.74) is 0.761. The molecule has 31 heavy (non-hydrogen) atoms. The maximum Gasteiger partial charge on any atom is 0.508 e. The lowest BCUT2D eigenvalue weighted by atomic mass is 9.93. The van der Waals surface area contributed by atoms with Crippen molar-refractivity contribution in [3.63, 3.8) is 0 Å². The van der Waals surface area contributed by atoms with Crippen LogP contribution in [0.2, 0.25) is 0 Å². The average molecular weight is 438 g/mol. The van der Waals surface area contributed by atoms with E-state index in [1.807, 2.05) is 6.07 Å². The van der Waals surface area contributed by atoms with Crippen molar-refractivity contribution in [1.82, 2.24) is 5.32 Å². The lowest BCUT2D eigenvalue weighted by molar-refractivity contribution is -0.140. The number of nitrogens with one attached hydrogen (secondary N) is 1. The Morgan fingerprint density at radius 2 is 1.68 bits per heavy atom. The summed E-state index contributed by atoms with van der Waals surface area (Å²) in [5.74, 6) is -0.0788. The van der Waals surface area contributed by atoms with Gasteiger partial charge in [-0.15, -0.1) is 0 Å². The third kappa shape index (κ3) is 12.5. The summed E-state index contributed by atoms with van der Waals surface area (Å²) in [6, 6.07) is 7.52. The van der Waals surface area contributed by atoms with Gasteiger partial charge in [-0.25, -0.2) is 14.4 Å². The molecular weight excluding hydrogens is 402 g/mol. The van der Waals surface area contributed by atoms with Crippen molar-refractivity contribution in [3.8, 4) is 0 Å². The van der Waals surface area contributed by atoms with E-state index in [-0.39, 0.29) is 12.7 Å². The van der Waals surface area contributed by atoms with Gasteiger partial charge in [0, 0.05) is 0 Å². The normalized spacial score (nSPS) is 13.7. The number of alkyl carbamates (subject to hydrolysis) is 1. The Hall–Kier alpha value is -2.77. The Bertz CT molecular complexity index is 678. The fourth-order valence-corrected chi connectivity index (χ4v) is 3.17. The molecule has 0 radical (unpaired) electrons. The van der Waals surface area contributed by atoms with E-state index < -0.39 is 30.9 Å². The highest BCUT2D eigenvalue weighted by atomic mass is 16.7. The molecule has 8 nitrogen and oxygen atoms in total. The molecule has 0 bridgehead atoms. The molecule has 1 amide bonds. The topological polar surface area (TPSA) is 111 Å². The van der Waals surface area contributed by atoms with Gasteiger partial charge in [-0.3, -0.25) is 0 Å². The molecule has 0 fully saturated rings. The van der Waals surface area contributed by atoms with Gasteiger partial charge >= 0.3 is 18.2 Å². The molecule has 174 valence electrons. The number of rotatable bonds is 13. The molecule has 0 aliphatic rings. The average Bonchev–Trinajstić information content (AvgIpc) is 2.69. The molecule has 0 heterocycles. The first-order valence-corrected chi connectivity index (χ1v) is 10.7. The maximum atomic E-state index is 11.8. The number of hydrogen-bond donors (Lipinski definition) is 2. The molecule has 3 atom stereocenters. The van der Waals surface area contributed by atoms with Crippen LogP contribution >= 0.6 is 0 Å². The number of carboxylic acids is 1. The zero-order chi connectivity index (χ0) is 23.2. The molecule has 0 saturated heterocycles. The van der Waals surface area contributed by atoms with Gasteiger partial charge in [0.25, 0.3) is 0 Å². The Morgan fingerprint density at radius 1 is 1.00 bits per heavy atom. The number of aliphatic carboxylic acids is 1. The highest BCUT2D eigenvalue weighted by Crippen LogP contribution is 2.18. The molecule has 0 spiro atoms. The monoisotopic (exact) mass is 437 g/mol. The van der Waals surface area contributed by atoms with Gasteiger partial charge in [-0.2, -0.15) is 0 Å². The van der Waals surface area contributed by atoms with Crippen molar-refractivity contribution >= 4 is 18.2 Å². The number of carboxylic acid groups (broad SMARTS) is 1. The van der Waals surface area contributed by atoms with E-state index in [1.54, 1.807) is 31.2 Å². The van der Waals surface area contributed by atoms with E-state index in [2.05, 4.69) is 26.1 Å². The van der Waals surface area contributed by atoms with Crippen molar-refractivity contribution in [2.45, 2.75) is 72.1 Å². The van der Waals surface area contributed by atoms with Gasteiger partial charge in [0.2, 0.25) is 0 Å². The fraction of sp³-hybridized carbons (Fsp3) is 0.609. The summed E-state index contributed by atoms with van der Waals surface area (Å²) >= 11 is 0. The second-order valence-electron chi connectivity index (χ2n) is 8.25. The number of hydrogen-bond acceptors (Lipinski definition) is 6. The second-order valence-corrected chi connectivity index (χ2v) is 8.25. The fourth-order valence-electron chi connectivity index (χ4n) is 3.17. The van der Waals surface area contributed by atoms with Gasteiger partial charge in [-0.05, 0) is 43.6 Å². The Balaban J connectivity index is 2.30. The summed E-state index contributed by atoms with van der Waals surface area (Å²) in [6.45, 7) is 7.80. The lowest BCUT2D eigenvalue weighted by Crippen LogP contribution is -2.44. The van der Waals surface area contributed by atoms with Gasteiger partial charge in [0.05, 0.1) is 0 Å². The van der Waals surface area contributed by atoms with Crippen LogP contribution in [0.15, 0.2) is 30.3 Å².